The summed E-state index contributed by atoms with van der Waals surface area (Å²) < 4.78 is 12.4. The van der Waals surface area contributed by atoms with Crippen molar-refractivity contribution in [1.29, 1.82) is 0 Å². The third-order valence-electron chi connectivity index (χ3n) is 5.09. The lowest BCUT2D eigenvalue weighted by molar-refractivity contribution is 0.0505. The Morgan fingerprint density at radius 1 is 0.974 bits per heavy atom. The van der Waals surface area contributed by atoms with Crippen LogP contribution in [0.4, 0.5) is 21.2 Å². The van der Waals surface area contributed by atoms with Crippen LogP contribution < -0.4 is 10.2 Å². The first-order valence-corrected chi connectivity index (χ1v) is 12.0. The minimum Gasteiger partial charge on any atom is -0.444 e. The molecular weight excluding hydrogens is 486 g/mol. The van der Waals surface area contributed by atoms with Gasteiger partial charge in [-0.1, -0.05) is 48.5 Å². The molecule has 196 valence electrons. The number of carbonyl (C=O) groups excluding carboxylic acids is 2. The van der Waals surface area contributed by atoms with Gasteiger partial charge in [0.1, 0.15) is 12.2 Å². The Kier molecular flexibility index (Phi) is 7.95. The number of aromatic nitrogens is 5. The Hall–Kier alpha value is -4.80. The molecule has 0 saturated carbocycles. The molecule has 0 unspecified atom stereocenters. The number of para-hydroxylation sites is 1. The van der Waals surface area contributed by atoms with Crippen molar-refractivity contribution in [3.05, 3.63) is 90.5 Å². The number of rotatable bonds is 7. The molecule has 0 aliphatic heterocycles. The quantitative estimate of drug-likeness (QED) is 0.360. The predicted octanol–water partition coefficient (Wildman–Crippen LogP) is 5.12. The Morgan fingerprint density at radius 3 is 2.24 bits per heavy atom. The first-order chi connectivity index (χ1) is 18.2. The number of anilines is 2. The number of amides is 2. The van der Waals surface area contributed by atoms with Crippen molar-refractivity contribution in [3.8, 4) is 5.95 Å². The average molecular weight is 516 g/mol. The monoisotopic (exact) mass is 515 g/mol. The van der Waals surface area contributed by atoms with Crippen molar-refractivity contribution in [2.45, 2.75) is 45.9 Å². The fraction of sp³-hybridized carbons (Fsp3) is 0.259. The van der Waals surface area contributed by atoms with Gasteiger partial charge in [-0.3, -0.25) is 0 Å². The molecule has 0 aliphatic rings. The summed E-state index contributed by atoms with van der Waals surface area (Å²) in [5, 5.41) is 7.31. The maximum atomic E-state index is 13.4. The minimum atomic E-state index is -0.683. The van der Waals surface area contributed by atoms with Gasteiger partial charge in [0.2, 0.25) is 0 Å². The molecule has 2 aromatic heterocycles. The van der Waals surface area contributed by atoms with Crippen LogP contribution in [0.5, 0.6) is 0 Å². The number of nitrogens with zero attached hydrogens (tertiary/aromatic N) is 6. The summed E-state index contributed by atoms with van der Waals surface area (Å²) in [6.07, 6.45) is 1.81. The van der Waals surface area contributed by atoms with Gasteiger partial charge >= 0.3 is 12.2 Å². The summed E-state index contributed by atoms with van der Waals surface area (Å²) >= 11 is 0. The van der Waals surface area contributed by atoms with Crippen molar-refractivity contribution in [1.82, 2.24) is 30.0 Å². The highest BCUT2D eigenvalue weighted by Gasteiger charge is 2.29. The van der Waals surface area contributed by atoms with Gasteiger partial charge in [-0.05, 0) is 51.5 Å². The molecule has 1 N–H and O–H groups in total. The van der Waals surface area contributed by atoms with E-state index < -0.39 is 23.8 Å². The summed E-state index contributed by atoms with van der Waals surface area (Å²) in [6, 6.07) is 19.2. The first-order valence-electron chi connectivity index (χ1n) is 12.0. The van der Waals surface area contributed by atoms with E-state index in [0.717, 1.165) is 5.56 Å². The van der Waals surface area contributed by atoms with E-state index in [2.05, 4.69) is 25.4 Å². The van der Waals surface area contributed by atoms with Crippen molar-refractivity contribution >= 4 is 23.8 Å². The van der Waals surface area contributed by atoms with E-state index in [-0.39, 0.29) is 24.3 Å². The number of benzene rings is 2. The zero-order valence-corrected chi connectivity index (χ0v) is 21.6. The molecule has 0 bridgehead atoms. The maximum Gasteiger partial charge on any atom is 0.421 e. The molecular formula is C27H29N7O4. The van der Waals surface area contributed by atoms with Gasteiger partial charge in [0, 0.05) is 12.4 Å². The van der Waals surface area contributed by atoms with Crippen LogP contribution in [0, 0.1) is 0 Å². The molecule has 2 amide bonds. The lowest BCUT2D eigenvalue weighted by atomic mass is 10.2. The van der Waals surface area contributed by atoms with Gasteiger partial charge < -0.3 is 14.8 Å². The van der Waals surface area contributed by atoms with Crippen molar-refractivity contribution in [3.63, 3.8) is 0 Å². The SMILES string of the molecule is C[C@H](NC(=O)OC(C)(C)C)c1nc(N(C(=O)OCc2ccccc2)c2ccccc2)nn1-c1ncccn1. The van der Waals surface area contributed by atoms with Crippen LogP contribution in [0.15, 0.2) is 79.1 Å². The largest absolute Gasteiger partial charge is 0.444 e. The zero-order chi connectivity index (χ0) is 27.1. The molecule has 11 heteroatoms. The van der Waals surface area contributed by atoms with E-state index >= 15 is 0 Å². The second-order valence-corrected chi connectivity index (χ2v) is 9.31. The van der Waals surface area contributed by atoms with E-state index in [1.807, 2.05) is 36.4 Å². The lowest BCUT2D eigenvalue weighted by Gasteiger charge is -2.21. The number of alkyl carbamates (subject to hydrolysis) is 1. The highest BCUT2D eigenvalue weighted by molar-refractivity contribution is 5.93. The van der Waals surface area contributed by atoms with Crippen LogP contribution in [-0.2, 0) is 16.1 Å². The summed E-state index contributed by atoms with van der Waals surface area (Å²) in [5.74, 6) is 0.521. The second-order valence-electron chi connectivity index (χ2n) is 9.31. The normalized spacial score (nSPS) is 11.9. The second kappa shape index (κ2) is 11.5. The molecule has 0 spiro atoms. The number of ether oxygens (including phenoxy) is 2. The number of hydrogen-bond donors (Lipinski definition) is 1. The third-order valence-corrected chi connectivity index (χ3v) is 5.09. The molecule has 0 aliphatic carbocycles. The maximum absolute atomic E-state index is 13.4. The smallest absolute Gasteiger partial charge is 0.421 e. The molecule has 0 saturated heterocycles. The Labute approximate surface area is 220 Å². The minimum absolute atomic E-state index is 0.0227. The topological polar surface area (TPSA) is 124 Å². The van der Waals surface area contributed by atoms with Crippen LogP contribution in [0.25, 0.3) is 5.95 Å². The van der Waals surface area contributed by atoms with Crippen molar-refractivity contribution in [2.75, 3.05) is 4.90 Å². The lowest BCUT2D eigenvalue weighted by Crippen LogP contribution is -2.35. The fourth-order valence-electron chi connectivity index (χ4n) is 3.45. The van der Waals surface area contributed by atoms with Crippen LogP contribution in [0.2, 0.25) is 0 Å². The molecule has 2 heterocycles. The first kappa shape index (κ1) is 26.3. The molecule has 0 fully saturated rings. The van der Waals surface area contributed by atoms with E-state index in [4.69, 9.17) is 9.47 Å². The third kappa shape index (κ3) is 6.69. The molecule has 1 atom stereocenters. The molecule has 2 aromatic carbocycles. The molecule has 11 nitrogen and oxygen atoms in total. The van der Waals surface area contributed by atoms with Gasteiger partial charge in [0.25, 0.3) is 11.9 Å². The Morgan fingerprint density at radius 2 is 1.61 bits per heavy atom. The molecule has 4 aromatic rings. The molecule has 4 rings (SSSR count). The van der Waals surface area contributed by atoms with Crippen LogP contribution in [0.1, 0.15) is 45.1 Å². The highest BCUT2D eigenvalue weighted by atomic mass is 16.6. The van der Waals surface area contributed by atoms with Gasteiger partial charge in [0.15, 0.2) is 5.82 Å². The Balaban J connectivity index is 1.70. The highest BCUT2D eigenvalue weighted by Crippen LogP contribution is 2.26. The van der Waals surface area contributed by atoms with Crippen LogP contribution in [0.3, 0.4) is 0 Å². The average Bonchev–Trinajstić information content (AvgIpc) is 3.33. The number of hydrogen-bond acceptors (Lipinski definition) is 8. The van der Waals surface area contributed by atoms with Gasteiger partial charge in [-0.25, -0.2) is 24.5 Å². The molecule has 0 radical (unpaired) electrons. The zero-order valence-electron chi connectivity index (χ0n) is 21.6. The van der Waals surface area contributed by atoms with Crippen molar-refractivity contribution < 1.29 is 19.1 Å². The van der Waals surface area contributed by atoms with Crippen LogP contribution in [-0.4, -0.2) is 42.5 Å². The number of carbonyl (C=O) groups is 2. The molecule has 38 heavy (non-hydrogen) atoms. The van der Waals surface area contributed by atoms with E-state index in [0.29, 0.717) is 5.69 Å². The summed E-state index contributed by atoms with van der Waals surface area (Å²) in [4.78, 5) is 40.3. The van der Waals surface area contributed by atoms with Crippen LogP contribution >= 0.6 is 0 Å². The predicted molar refractivity (Wildman–Crippen MR) is 140 cm³/mol. The van der Waals surface area contributed by atoms with Gasteiger partial charge in [-0.2, -0.15) is 9.67 Å². The van der Waals surface area contributed by atoms with Gasteiger partial charge in [-0.15, -0.1) is 5.10 Å². The standard InChI is InChI=1S/C27H29N7O4/c1-19(30-25(35)38-27(2,3)4)22-31-24(32-34(22)23-28-16-11-17-29-23)33(21-14-9-6-10-15-21)26(36)37-18-20-12-7-5-8-13-20/h5-17,19H,18H2,1-4H3,(H,30,35)/t19-/m0/s1. The summed E-state index contributed by atoms with van der Waals surface area (Å²) in [5.41, 5.74) is 0.648. The van der Waals surface area contributed by atoms with Crippen molar-refractivity contribution in [2.24, 2.45) is 0 Å². The van der Waals surface area contributed by atoms with E-state index in [1.165, 1.54) is 9.58 Å². The fourth-order valence-corrected chi connectivity index (χ4v) is 3.45. The summed E-state index contributed by atoms with van der Waals surface area (Å²) in [6.45, 7) is 7.10. The van der Waals surface area contributed by atoms with E-state index in [9.17, 15) is 9.59 Å². The number of nitrogens with one attached hydrogen (secondary N) is 1. The Bertz CT molecular complexity index is 1360. The summed E-state index contributed by atoms with van der Waals surface area (Å²) in [7, 11) is 0. The van der Waals surface area contributed by atoms with E-state index in [1.54, 1.807) is 70.4 Å². The van der Waals surface area contributed by atoms with Gasteiger partial charge in [0.05, 0.1) is 11.7 Å².